The Balaban J connectivity index is 1.79. The first-order chi connectivity index (χ1) is 10.2. The molecule has 5 heteroatoms. The summed E-state index contributed by atoms with van der Waals surface area (Å²) in [6.07, 6.45) is 5.85. The lowest BCUT2D eigenvalue weighted by atomic mass is 10.1. The molecule has 1 aromatic heterocycles. The van der Waals surface area contributed by atoms with Gasteiger partial charge < -0.3 is 10.3 Å². The molecule has 0 radical (unpaired) electrons. The molecule has 1 heterocycles. The SMILES string of the molecule is CCc1cc(C(=O)N(CC2CC2)CC2CC2)cc(NN)n1. The molecule has 0 aliphatic heterocycles. The first kappa shape index (κ1) is 14.3. The molecular weight excluding hydrogens is 264 g/mol. The van der Waals surface area contributed by atoms with Crippen LogP contribution in [0.2, 0.25) is 0 Å². The Hall–Kier alpha value is -1.62. The average Bonchev–Trinajstić information content (AvgIpc) is 3.41. The van der Waals surface area contributed by atoms with Gasteiger partial charge in [0, 0.05) is 24.3 Å². The number of nitrogen functional groups attached to an aromatic ring is 1. The van der Waals surface area contributed by atoms with Crippen LogP contribution in [0.3, 0.4) is 0 Å². The van der Waals surface area contributed by atoms with Crippen molar-refractivity contribution in [3.8, 4) is 0 Å². The molecule has 0 atom stereocenters. The highest BCUT2D eigenvalue weighted by Crippen LogP contribution is 2.34. The minimum Gasteiger partial charge on any atom is -0.338 e. The number of hydrogen-bond acceptors (Lipinski definition) is 4. The van der Waals surface area contributed by atoms with Crippen LogP contribution >= 0.6 is 0 Å². The summed E-state index contributed by atoms with van der Waals surface area (Å²) in [4.78, 5) is 19.2. The van der Waals surface area contributed by atoms with E-state index in [4.69, 9.17) is 5.84 Å². The maximum absolute atomic E-state index is 12.8. The molecule has 0 spiro atoms. The molecule has 114 valence electrons. The topological polar surface area (TPSA) is 71.2 Å². The summed E-state index contributed by atoms with van der Waals surface area (Å²) in [6.45, 7) is 3.85. The highest BCUT2D eigenvalue weighted by Gasteiger charge is 2.32. The lowest BCUT2D eigenvalue weighted by molar-refractivity contribution is 0.0739. The number of hydrogen-bond donors (Lipinski definition) is 2. The van der Waals surface area contributed by atoms with Gasteiger partial charge in [-0.25, -0.2) is 10.8 Å². The minimum absolute atomic E-state index is 0.127. The first-order valence-corrected chi connectivity index (χ1v) is 7.96. The molecule has 0 saturated heterocycles. The fourth-order valence-electron chi connectivity index (χ4n) is 2.61. The minimum atomic E-state index is 0.127. The maximum atomic E-state index is 12.8. The molecule has 2 aliphatic carbocycles. The zero-order valence-electron chi connectivity index (χ0n) is 12.6. The molecular formula is C16H24N4O. The van der Waals surface area contributed by atoms with E-state index in [1.807, 2.05) is 17.9 Å². The lowest BCUT2D eigenvalue weighted by Crippen LogP contribution is -2.35. The number of amides is 1. The third-order valence-electron chi connectivity index (χ3n) is 4.27. The molecule has 1 amide bonds. The van der Waals surface area contributed by atoms with Gasteiger partial charge in [0.15, 0.2) is 0 Å². The highest BCUT2D eigenvalue weighted by atomic mass is 16.2. The number of nitrogens with one attached hydrogen (secondary N) is 1. The predicted molar refractivity (Wildman–Crippen MR) is 82.8 cm³/mol. The van der Waals surface area contributed by atoms with Crippen molar-refractivity contribution in [2.24, 2.45) is 17.7 Å². The number of aryl methyl sites for hydroxylation is 1. The Bertz CT molecular complexity index is 487. The number of pyridine rings is 1. The van der Waals surface area contributed by atoms with Gasteiger partial charge in [-0.3, -0.25) is 4.79 Å². The molecule has 0 aromatic carbocycles. The van der Waals surface area contributed by atoms with E-state index in [0.717, 1.165) is 25.2 Å². The summed E-state index contributed by atoms with van der Waals surface area (Å²) >= 11 is 0. The molecule has 5 nitrogen and oxygen atoms in total. The molecule has 2 fully saturated rings. The molecule has 0 unspecified atom stereocenters. The van der Waals surface area contributed by atoms with E-state index in [1.54, 1.807) is 6.07 Å². The van der Waals surface area contributed by atoms with Crippen molar-refractivity contribution in [2.75, 3.05) is 18.5 Å². The number of carbonyl (C=O) groups is 1. The zero-order valence-corrected chi connectivity index (χ0v) is 12.6. The normalized spacial score (nSPS) is 17.6. The van der Waals surface area contributed by atoms with Crippen molar-refractivity contribution in [2.45, 2.75) is 39.0 Å². The van der Waals surface area contributed by atoms with Crippen LogP contribution in [0.15, 0.2) is 12.1 Å². The zero-order chi connectivity index (χ0) is 14.8. The van der Waals surface area contributed by atoms with Crippen LogP contribution in [0.25, 0.3) is 0 Å². The summed E-state index contributed by atoms with van der Waals surface area (Å²) in [6, 6.07) is 3.66. The Labute approximate surface area is 125 Å². The average molecular weight is 288 g/mol. The summed E-state index contributed by atoms with van der Waals surface area (Å²) in [7, 11) is 0. The maximum Gasteiger partial charge on any atom is 0.254 e. The number of hydrazine groups is 1. The molecule has 2 aliphatic rings. The second-order valence-electron chi connectivity index (χ2n) is 6.33. The molecule has 2 saturated carbocycles. The quantitative estimate of drug-likeness (QED) is 0.596. The Morgan fingerprint density at radius 1 is 1.29 bits per heavy atom. The predicted octanol–water partition coefficient (Wildman–Crippen LogP) is 2.19. The Morgan fingerprint density at radius 3 is 2.38 bits per heavy atom. The van der Waals surface area contributed by atoms with E-state index in [1.165, 1.54) is 25.7 Å². The molecule has 1 aromatic rings. The Kier molecular flexibility index (Phi) is 4.10. The van der Waals surface area contributed by atoms with Crippen molar-refractivity contribution in [3.05, 3.63) is 23.4 Å². The van der Waals surface area contributed by atoms with E-state index in [-0.39, 0.29) is 5.91 Å². The van der Waals surface area contributed by atoms with Gasteiger partial charge in [0.25, 0.3) is 5.91 Å². The number of rotatable bonds is 7. The first-order valence-electron chi connectivity index (χ1n) is 7.96. The van der Waals surface area contributed by atoms with Crippen LogP contribution < -0.4 is 11.3 Å². The molecule has 3 rings (SSSR count). The van der Waals surface area contributed by atoms with E-state index in [2.05, 4.69) is 10.4 Å². The third kappa shape index (κ3) is 3.73. The van der Waals surface area contributed by atoms with Crippen molar-refractivity contribution in [1.29, 1.82) is 0 Å². The fourth-order valence-corrected chi connectivity index (χ4v) is 2.61. The van der Waals surface area contributed by atoms with E-state index in [9.17, 15) is 4.79 Å². The van der Waals surface area contributed by atoms with E-state index >= 15 is 0 Å². The monoisotopic (exact) mass is 288 g/mol. The van der Waals surface area contributed by atoms with Crippen LogP contribution in [-0.4, -0.2) is 28.9 Å². The van der Waals surface area contributed by atoms with Crippen molar-refractivity contribution in [3.63, 3.8) is 0 Å². The van der Waals surface area contributed by atoms with Gasteiger partial charge in [0.1, 0.15) is 5.82 Å². The number of nitrogens with zero attached hydrogens (tertiary/aromatic N) is 2. The molecule has 0 bridgehead atoms. The number of anilines is 1. The van der Waals surface area contributed by atoms with Gasteiger partial charge in [-0.15, -0.1) is 0 Å². The van der Waals surface area contributed by atoms with Gasteiger partial charge in [0.2, 0.25) is 0 Å². The second kappa shape index (κ2) is 6.02. The number of aromatic nitrogens is 1. The van der Waals surface area contributed by atoms with E-state index in [0.29, 0.717) is 23.2 Å². The number of carbonyl (C=O) groups excluding carboxylic acids is 1. The second-order valence-corrected chi connectivity index (χ2v) is 6.33. The highest BCUT2D eigenvalue weighted by molar-refractivity contribution is 5.95. The smallest absolute Gasteiger partial charge is 0.254 e. The van der Waals surface area contributed by atoms with Gasteiger partial charge in [0.05, 0.1) is 0 Å². The largest absolute Gasteiger partial charge is 0.338 e. The summed E-state index contributed by atoms with van der Waals surface area (Å²) < 4.78 is 0. The number of nitrogens with two attached hydrogens (primary N) is 1. The lowest BCUT2D eigenvalue weighted by Gasteiger charge is -2.23. The van der Waals surface area contributed by atoms with Crippen molar-refractivity contribution in [1.82, 2.24) is 9.88 Å². The fraction of sp³-hybridized carbons (Fsp3) is 0.625. The van der Waals surface area contributed by atoms with Gasteiger partial charge >= 0.3 is 0 Å². The van der Waals surface area contributed by atoms with Crippen LogP contribution in [0.1, 0.15) is 48.7 Å². The van der Waals surface area contributed by atoms with E-state index < -0.39 is 0 Å². The van der Waals surface area contributed by atoms with Crippen LogP contribution in [0, 0.1) is 11.8 Å². The van der Waals surface area contributed by atoms with Crippen LogP contribution in [0.4, 0.5) is 5.82 Å². The van der Waals surface area contributed by atoms with Gasteiger partial charge in [-0.05, 0) is 56.1 Å². The van der Waals surface area contributed by atoms with Gasteiger partial charge in [-0.1, -0.05) is 6.92 Å². The van der Waals surface area contributed by atoms with Gasteiger partial charge in [-0.2, -0.15) is 0 Å². The summed E-state index contributed by atoms with van der Waals surface area (Å²) in [5, 5.41) is 0. The summed E-state index contributed by atoms with van der Waals surface area (Å²) in [5.74, 6) is 7.59. The van der Waals surface area contributed by atoms with Crippen molar-refractivity contribution < 1.29 is 4.79 Å². The van der Waals surface area contributed by atoms with Crippen molar-refractivity contribution >= 4 is 11.7 Å². The molecule has 21 heavy (non-hydrogen) atoms. The standard InChI is InChI=1S/C16H24N4O/c1-2-14-7-13(8-15(18-14)19-17)16(21)20(9-11-3-4-11)10-12-5-6-12/h7-8,11-12H,2-6,9-10,17H2,1H3,(H,18,19). The third-order valence-corrected chi connectivity index (χ3v) is 4.27. The van der Waals surface area contributed by atoms with Crippen LogP contribution in [-0.2, 0) is 6.42 Å². The molecule has 3 N–H and O–H groups in total. The Morgan fingerprint density at radius 2 is 1.90 bits per heavy atom. The summed E-state index contributed by atoms with van der Waals surface area (Å²) in [5.41, 5.74) is 4.16. The van der Waals surface area contributed by atoms with Crippen LogP contribution in [0.5, 0.6) is 0 Å².